The number of benzene rings is 2. The van der Waals surface area contributed by atoms with Gasteiger partial charge in [-0.1, -0.05) is 24.3 Å². The van der Waals surface area contributed by atoms with Gasteiger partial charge in [-0.15, -0.1) is 0 Å². The summed E-state index contributed by atoms with van der Waals surface area (Å²) in [6, 6.07) is 12.2. The van der Waals surface area contributed by atoms with Crippen molar-refractivity contribution < 1.29 is 4.79 Å². The van der Waals surface area contributed by atoms with Crippen LogP contribution in [-0.2, 0) is 0 Å². The number of rotatable bonds is 0. The zero-order valence-electron chi connectivity index (χ0n) is 7.19. The lowest BCUT2D eigenvalue weighted by Gasteiger charge is -2.13. The van der Waals surface area contributed by atoms with Gasteiger partial charge in [-0.25, -0.2) is 0 Å². The molecule has 0 saturated carbocycles. The summed E-state index contributed by atoms with van der Waals surface area (Å²) >= 11 is 2.66. The summed E-state index contributed by atoms with van der Waals surface area (Å²) in [4.78, 5) is 13.6. The van der Waals surface area contributed by atoms with E-state index in [1.807, 2.05) is 24.3 Å². The predicted octanol–water partition coefficient (Wildman–Crippen LogP) is 4.16. The Hall–Kier alpha value is -0.930. The summed E-state index contributed by atoms with van der Waals surface area (Å²) in [6.07, 6.45) is 0. The lowest BCUT2D eigenvalue weighted by Crippen LogP contribution is -1.91. The molecule has 0 unspecified atom stereocenters. The Balaban J connectivity index is 2.45. The molecule has 3 heteroatoms. The van der Waals surface area contributed by atoms with Crippen LogP contribution in [0.25, 0.3) is 10.8 Å². The lowest BCUT2D eigenvalue weighted by atomic mass is 10.1. The van der Waals surface area contributed by atoms with Crippen LogP contribution in [0.2, 0.25) is 0 Å². The van der Waals surface area contributed by atoms with Gasteiger partial charge in [0.15, 0.2) is 0 Å². The molecule has 0 N–H and O–H groups in total. The molecule has 0 saturated heterocycles. The van der Waals surface area contributed by atoms with E-state index in [9.17, 15) is 4.79 Å². The average Bonchev–Trinajstić information content (AvgIpc) is 2.18. The molecule has 0 amide bonds. The minimum atomic E-state index is 0.163. The van der Waals surface area contributed by atoms with Crippen molar-refractivity contribution in [3.05, 3.63) is 36.4 Å². The molecule has 3 rings (SSSR count). The van der Waals surface area contributed by atoms with E-state index in [1.54, 1.807) is 0 Å². The van der Waals surface area contributed by atoms with Gasteiger partial charge in [0.2, 0.25) is 0 Å². The molecule has 0 aliphatic carbocycles. The Bertz CT molecular complexity index is 491. The van der Waals surface area contributed by atoms with E-state index in [1.165, 1.54) is 34.3 Å². The normalized spacial score (nSPS) is 14.7. The molecule has 0 bridgehead atoms. The minimum absolute atomic E-state index is 0.163. The Morgan fingerprint density at radius 3 is 2.00 bits per heavy atom. The van der Waals surface area contributed by atoms with Gasteiger partial charge >= 0.3 is 0 Å². The van der Waals surface area contributed by atoms with Crippen molar-refractivity contribution >= 4 is 38.7 Å². The summed E-state index contributed by atoms with van der Waals surface area (Å²) < 4.78 is 0.163. The molecular formula is C11H6OS2. The van der Waals surface area contributed by atoms with E-state index in [0.29, 0.717) is 0 Å². The van der Waals surface area contributed by atoms with Gasteiger partial charge in [-0.3, -0.25) is 4.79 Å². The van der Waals surface area contributed by atoms with Gasteiger partial charge < -0.3 is 0 Å². The monoisotopic (exact) mass is 218 g/mol. The van der Waals surface area contributed by atoms with Gasteiger partial charge in [0.1, 0.15) is 0 Å². The second-order valence-electron chi connectivity index (χ2n) is 3.06. The van der Waals surface area contributed by atoms with Crippen LogP contribution in [0.4, 0.5) is 4.79 Å². The maximum atomic E-state index is 11.4. The van der Waals surface area contributed by atoms with Crippen LogP contribution in [0.1, 0.15) is 0 Å². The van der Waals surface area contributed by atoms with E-state index in [2.05, 4.69) is 12.1 Å². The number of thioether (sulfide) groups is 2. The summed E-state index contributed by atoms with van der Waals surface area (Å²) in [5.74, 6) is 0. The molecule has 0 radical (unpaired) electrons. The highest BCUT2D eigenvalue weighted by molar-refractivity contribution is 8.39. The molecular weight excluding hydrogens is 212 g/mol. The van der Waals surface area contributed by atoms with Crippen LogP contribution in [0, 0.1) is 0 Å². The van der Waals surface area contributed by atoms with Crippen molar-refractivity contribution in [2.75, 3.05) is 0 Å². The van der Waals surface area contributed by atoms with Crippen LogP contribution in [0.15, 0.2) is 46.2 Å². The molecule has 0 atom stereocenters. The van der Waals surface area contributed by atoms with Crippen LogP contribution >= 0.6 is 23.5 Å². The van der Waals surface area contributed by atoms with E-state index in [-0.39, 0.29) is 4.45 Å². The molecule has 1 heterocycles. The maximum Gasteiger partial charge on any atom is 0.255 e. The van der Waals surface area contributed by atoms with Crippen molar-refractivity contribution in [2.24, 2.45) is 0 Å². The molecule has 2 aromatic carbocycles. The molecule has 14 heavy (non-hydrogen) atoms. The van der Waals surface area contributed by atoms with Gasteiger partial charge in [0.25, 0.3) is 4.45 Å². The predicted molar refractivity (Wildman–Crippen MR) is 61.1 cm³/mol. The Labute approximate surface area is 89.9 Å². The fraction of sp³-hybridized carbons (Fsp3) is 0. The van der Waals surface area contributed by atoms with E-state index in [0.717, 1.165) is 9.79 Å². The summed E-state index contributed by atoms with van der Waals surface area (Å²) in [7, 11) is 0. The van der Waals surface area contributed by atoms with Crippen molar-refractivity contribution in [1.82, 2.24) is 0 Å². The fourth-order valence-corrected chi connectivity index (χ4v) is 3.73. The first-order valence-corrected chi connectivity index (χ1v) is 5.89. The number of carbonyl (C=O) groups excluding carboxylic acids is 1. The van der Waals surface area contributed by atoms with Crippen molar-refractivity contribution in [3.8, 4) is 0 Å². The number of carbonyl (C=O) groups is 1. The first-order chi connectivity index (χ1) is 6.84. The van der Waals surface area contributed by atoms with Crippen LogP contribution < -0.4 is 0 Å². The van der Waals surface area contributed by atoms with Crippen molar-refractivity contribution in [1.29, 1.82) is 0 Å². The first-order valence-electron chi connectivity index (χ1n) is 4.26. The topological polar surface area (TPSA) is 17.1 Å². The molecule has 68 valence electrons. The van der Waals surface area contributed by atoms with Crippen LogP contribution in [0.5, 0.6) is 0 Å². The standard InChI is InChI=1S/C11H6OS2/c12-11-13-8-5-1-3-7-4-2-6-9(14-11)10(7)8/h1-6H. The smallest absolute Gasteiger partial charge is 0.255 e. The van der Waals surface area contributed by atoms with E-state index in [4.69, 9.17) is 0 Å². The van der Waals surface area contributed by atoms with Crippen LogP contribution in [-0.4, -0.2) is 4.45 Å². The van der Waals surface area contributed by atoms with Gasteiger partial charge in [-0.05, 0) is 41.0 Å². The molecule has 0 fully saturated rings. The summed E-state index contributed by atoms with van der Waals surface area (Å²) in [5.41, 5.74) is 0. The quantitative estimate of drug-likeness (QED) is 0.661. The average molecular weight is 218 g/mol. The third kappa shape index (κ3) is 1.16. The SMILES string of the molecule is O=C1Sc2cccc3cccc(c23)S1. The molecule has 1 nitrogen and oxygen atoms in total. The highest BCUT2D eigenvalue weighted by atomic mass is 32.2. The van der Waals surface area contributed by atoms with Crippen molar-refractivity contribution in [2.45, 2.75) is 9.79 Å². The summed E-state index contributed by atoms with van der Waals surface area (Å²) in [6.45, 7) is 0. The molecule has 1 aliphatic rings. The Morgan fingerprint density at radius 2 is 1.43 bits per heavy atom. The molecule has 0 spiro atoms. The maximum absolute atomic E-state index is 11.4. The number of hydrogen-bond donors (Lipinski definition) is 0. The van der Waals surface area contributed by atoms with Crippen LogP contribution in [0.3, 0.4) is 0 Å². The zero-order chi connectivity index (χ0) is 9.54. The Kier molecular flexibility index (Phi) is 1.82. The second-order valence-corrected chi connectivity index (χ2v) is 5.35. The molecule has 0 aromatic heterocycles. The highest BCUT2D eigenvalue weighted by Gasteiger charge is 2.18. The highest BCUT2D eigenvalue weighted by Crippen LogP contribution is 2.44. The van der Waals surface area contributed by atoms with E-state index < -0.39 is 0 Å². The number of hydrogen-bond acceptors (Lipinski definition) is 3. The third-order valence-electron chi connectivity index (χ3n) is 2.21. The third-order valence-corrected chi connectivity index (χ3v) is 4.17. The Morgan fingerprint density at radius 1 is 0.857 bits per heavy atom. The lowest BCUT2D eigenvalue weighted by molar-refractivity contribution is 0.276. The molecule has 2 aromatic rings. The van der Waals surface area contributed by atoms with Gasteiger partial charge in [0.05, 0.1) is 0 Å². The molecule has 1 aliphatic heterocycles. The minimum Gasteiger partial charge on any atom is -0.274 e. The second kappa shape index (κ2) is 3.04. The van der Waals surface area contributed by atoms with Crippen molar-refractivity contribution in [3.63, 3.8) is 0 Å². The van der Waals surface area contributed by atoms with E-state index >= 15 is 0 Å². The first kappa shape index (κ1) is 8.38. The van der Waals surface area contributed by atoms with Gasteiger partial charge in [-0.2, -0.15) is 0 Å². The summed E-state index contributed by atoms with van der Waals surface area (Å²) in [5, 5.41) is 2.44. The fourth-order valence-electron chi connectivity index (χ4n) is 1.64. The zero-order valence-corrected chi connectivity index (χ0v) is 8.82. The van der Waals surface area contributed by atoms with Gasteiger partial charge in [0, 0.05) is 15.2 Å². The largest absolute Gasteiger partial charge is 0.274 e.